The summed E-state index contributed by atoms with van der Waals surface area (Å²) in [5.41, 5.74) is 1.55. The first kappa shape index (κ1) is 18.3. The summed E-state index contributed by atoms with van der Waals surface area (Å²) in [5, 5.41) is 0. The summed E-state index contributed by atoms with van der Waals surface area (Å²) >= 11 is 3.36. The van der Waals surface area contributed by atoms with E-state index in [4.69, 9.17) is 9.47 Å². The largest absolute Gasteiger partial charge is 0.490 e. The molecule has 24 heavy (non-hydrogen) atoms. The van der Waals surface area contributed by atoms with E-state index in [0.717, 1.165) is 22.2 Å². The van der Waals surface area contributed by atoms with Crippen LogP contribution in [0.3, 0.4) is 0 Å². The molecule has 2 rings (SSSR count). The first-order valence-corrected chi connectivity index (χ1v) is 8.81. The van der Waals surface area contributed by atoms with E-state index in [1.165, 1.54) is 0 Å². The van der Waals surface area contributed by atoms with Gasteiger partial charge in [-0.2, -0.15) is 0 Å². The molecule has 126 valence electrons. The molecular weight excluding hydrogens is 368 g/mol. The lowest BCUT2D eigenvalue weighted by molar-refractivity contribution is 0.104. The molecule has 0 radical (unpaired) electrons. The number of allylic oxidation sites excluding steroid dienone is 1. The standard InChI is InChI=1S/C20H21BrO3/c1-3-13-24-19-12-6-15(14-20(19)23-4-2)5-11-18(22)16-7-9-17(21)10-8-16/h5-12,14H,3-4,13H2,1-2H3/b11-5+. The van der Waals surface area contributed by atoms with Gasteiger partial charge in [-0.05, 0) is 61.4 Å². The Kier molecular flexibility index (Phi) is 7.07. The second-order valence-electron chi connectivity index (χ2n) is 5.19. The molecule has 0 bridgehead atoms. The van der Waals surface area contributed by atoms with Gasteiger partial charge < -0.3 is 9.47 Å². The fourth-order valence-corrected chi connectivity index (χ4v) is 2.37. The van der Waals surface area contributed by atoms with Crippen LogP contribution in [0.4, 0.5) is 0 Å². The van der Waals surface area contributed by atoms with Gasteiger partial charge in [0.25, 0.3) is 0 Å². The molecule has 0 atom stereocenters. The maximum Gasteiger partial charge on any atom is 0.185 e. The smallest absolute Gasteiger partial charge is 0.185 e. The van der Waals surface area contributed by atoms with E-state index in [1.54, 1.807) is 24.3 Å². The SMILES string of the molecule is CCCOc1ccc(/C=C/C(=O)c2ccc(Br)cc2)cc1OCC. The van der Waals surface area contributed by atoms with E-state index in [1.807, 2.05) is 37.3 Å². The van der Waals surface area contributed by atoms with Crippen molar-refractivity contribution in [1.82, 2.24) is 0 Å². The number of halogens is 1. The summed E-state index contributed by atoms with van der Waals surface area (Å²) in [6.45, 7) is 5.21. The highest BCUT2D eigenvalue weighted by Crippen LogP contribution is 2.29. The van der Waals surface area contributed by atoms with Crippen molar-refractivity contribution in [1.29, 1.82) is 0 Å². The fraction of sp³-hybridized carbons (Fsp3) is 0.250. The van der Waals surface area contributed by atoms with Crippen LogP contribution in [0, 0.1) is 0 Å². The monoisotopic (exact) mass is 388 g/mol. The molecule has 2 aromatic carbocycles. The lowest BCUT2D eigenvalue weighted by Gasteiger charge is -2.12. The van der Waals surface area contributed by atoms with Gasteiger partial charge in [-0.25, -0.2) is 0 Å². The van der Waals surface area contributed by atoms with Crippen LogP contribution >= 0.6 is 15.9 Å². The lowest BCUT2D eigenvalue weighted by atomic mass is 10.1. The Balaban J connectivity index is 2.14. The van der Waals surface area contributed by atoms with Gasteiger partial charge in [-0.15, -0.1) is 0 Å². The molecular formula is C20H21BrO3. The van der Waals surface area contributed by atoms with Gasteiger partial charge in [0.1, 0.15) is 0 Å². The van der Waals surface area contributed by atoms with Crippen LogP contribution in [0.15, 0.2) is 53.0 Å². The third-order valence-corrected chi connectivity index (χ3v) is 3.81. The van der Waals surface area contributed by atoms with Gasteiger partial charge in [0.05, 0.1) is 13.2 Å². The molecule has 0 fully saturated rings. The minimum absolute atomic E-state index is 0.0354. The molecule has 0 spiro atoms. The molecule has 2 aromatic rings. The van der Waals surface area contributed by atoms with Crippen LogP contribution in [0.1, 0.15) is 36.2 Å². The molecule has 0 aliphatic rings. The summed E-state index contributed by atoms with van der Waals surface area (Å²) in [4.78, 5) is 12.2. The summed E-state index contributed by atoms with van der Waals surface area (Å²) < 4.78 is 12.3. The lowest BCUT2D eigenvalue weighted by Crippen LogP contribution is -2.00. The molecule has 0 amide bonds. The Bertz CT molecular complexity index is 705. The van der Waals surface area contributed by atoms with E-state index in [9.17, 15) is 4.79 Å². The molecule has 0 aliphatic carbocycles. The van der Waals surface area contributed by atoms with Crippen LogP contribution in [0.25, 0.3) is 6.08 Å². The topological polar surface area (TPSA) is 35.5 Å². The number of carbonyl (C=O) groups is 1. The van der Waals surface area contributed by atoms with Crippen molar-refractivity contribution < 1.29 is 14.3 Å². The van der Waals surface area contributed by atoms with Gasteiger partial charge in [0.15, 0.2) is 17.3 Å². The molecule has 0 N–H and O–H groups in total. The van der Waals surface area contributed by atoms with E-state index in [-0.39, 0.29) is 5.78 Å². The van der Waals surface area contributed by atoms with Crippen LogP contribution in [-0.4, -0.2) is 19.0 Å². The summed E-state index contributed by atoms with van der Waals surface area (Å²) in [6, 6.07) is 13.0. The van der Waals surface area contributed by atoms with Crippen LogP contribution < -0.4 is 9.47 Å². The van der Waals surface area contributed by atoms with Crippen LogP contribution in [0.5, 0.6) is 11.5 Å². The number of ether oxygens (including phenoxy) is 2. The number of rotatable bonds is 8. The Morgan fingerprint density at radius 2 is 1.79 bits per heavy atom. The second-order valence-corrected chi connectivity index (χ2v) is 6.11. The van der Waals surface area contributed by atoms with E-state index >= 15 is 0 Å². The Labute approximate surface area is 151 Å². The molecule has 0 aliphatic heterocycles. The number of hydrogen-bond acceptors (Lipinski definition) is 3. The Morgan fingerprint density at radius 1 is 1.04 bits per heavy atom. The van der Waals surface area contributed by atoms with Crippen molar-refractivity contribution in [3.05, 3.63) is 64.1 Å². The molecule has 0 unspecified atom stereocenters. The summed E-state index contributed by atoms with van der Waals surface area (Å²) in [6.07, 6.45) is 4.30. The van der Waals surface area contributed by atoms with Crippen molar-refractivity contribution in [3.63, 3.8) is 0 Å². The minimum atomic E-state index is -0.0354. The van der Waals surface area contributed by atoms with Crippen molar-refractivity contribution in [2.24, 2.45) is 0 Å². The van der Waals surface area contributed by atoms with E-state index in [0.29, 0.717) is 24.5 Å². The second kappa shape index (κ2) is 9.28. The van der Waals surface area contributed by atoms with Crippen LogP contribution in [0.2, 0.25) is 0 Å². The highest BCUT2D eigenvalue weighted by Gasteiger charge is 2.06. The third-order valence-electron chi connectivity index (χ3n) is 3.29. The molecule has 0 saturated carbocycles. The highest BCUT2D eigenvalue weighted by molar-refractivity contribution is 9.10. The predicted octanol–water partition coefficient (Wildman–Crippen LogP) is 5.53. The quantitative estimate of drug-likeness (QED) is 0.440. The Hall–Kier alpha value is -2.07. The van der Waals surface area contributed by atoms with Crippen molar-refractivity contribution in [2.45, 2.75) is 20.3 Å². The highest BCUT2D eigenvalue weighted by atomic mass is 79.9. The molecule has 3 nitrogen and oxygen atoms in total. The van der Waals surface area contributed by atoms with Crippen molar-refractivity contribution in [2.75, 3.05) is 13.2 Å². The summed E-state index contributed by atoms with van der Waals surface area (Å²) in [5.74, 6) is 1.39. The molecule has 0 aromatic heterocycles. The first-order chi connectivity index (χ1) is 11.6. The first-order valence-electron chi connectivity index (χ1n) is 8.01. The predicted molar refractivity (Wildman–Crippen MR) is 101 cm³/mol. The fourth-order valence-electron chi connectivity index (χ4n) is 2.11. The molecule has 0 heterocycles. The average Bonchev–Trinajstić information content (AvgIpc) is 2.59. The van der Waals surface area contributed by atoms with E-state index in [2.05, 4.69) is 22.9 Å². The van der Waals surface area contributed by atoms with Gasteiger partial charge >= 0.3 is 0 Å². The number of ketones is 1. The van der Waals surface area contributed by atoms with Gasteiger partial charge in [0.2, 0.25) is 0 Å². The zero-order valence-corrected chi connectivity index (χ0v) is 15.5. The minimum Gasteiger partial charge on any atom is -0.490 e. The average molecular weight is 389 g/mol. The van der Waals surface area contributed by atoms with Gasteiger partial charge in [-0.3, -0.25) is 4.79 Å². The number of carbonyl (C=O) groups excluding carboxylic acids is 1. The summed E-state index contributed by atoms with van der Waals surface area (Å²) in [7, 11) is 0. The molecule has 0 saturated heterocycles. The third kappa shape index (κ3) is 5.24. The maximum atomic E-state index is 12.2. The van der Waals surface area contributed by atoms with Crippen molar-refractivity contribution in [3.8, 4) is 11.5 Å². The maximum absolute atomic E-state index is 12.2. The van der Waals surface area contributed by atoms with E-state index < -0.39 is 0 Å². The number of benzene rings is 2. The Morgan fingerprint density at radius 3 is 2.46 bits per heavy atom. The van der Waals surface area contributed by atoms with Gasteiger partial charge in [-0.1, -0.05) is 35.0 Å². The number of hydrogen-bond donors (Lipinski definition) is 0. The van der Waals surface area contributed by atoms with Crippen LogP contribution in [-0.2, 0) is 0 Å². The molecule has 4 heteroatoms. The normalized spacial score (nSPS) is 10.8. The van der Waals surface area contributed by atoms with Gasteiger partial charge in [0, 0.05) is 10.0 Å². The zero-order valence-electron chi connectivity index (χ0n) is 13.9. The van der Waals surface area contributed by atoms with Crippen molar-refractivity contribution >= 4 is 27.8 Å². The zero-order chi connectivity index (χ0) is 17.4.